The van der Waals surface area contributed by atoms with Crippen LogP contribution in [-0.2, 0) is 11.3 Å². The van der Waals surface area contributed by atoms with Crippen LogP contribution in [0.25, 0.3) is 5.65 Å². The van der Waals surface area contributed by atoms with Crippen molar-refractivity contribution in [2.45, 2.75) is 39.8 Å². The van der Waals surface area contributed by atoms with Crippen molar-refractivity contribution in [1.29, 1.82) is 0 Å². The quantitative estimate of drug-likeness (QED) is 0.527. The molecule has 0 saturated carbocycles. The first kappa shape index (κ1) is 21.8. The first-order chi connectivity index (χ1) is 14.5. The number of nitrogens with one attached hydrogen (secondary N) is 1. The van der Waals surface area contributed by atoms with Gasteiger partial charge in [-0.2, -0.15) is 5.10 Å². The molecule has 4 N–H and O–H groups in total. The number of nitrogen functional groups attached to an aromatic ring is 1. The molecule has 0 spiro atoms. The van der Waals surface area contributed by atoms with Crippen LogP contribution in [0.15, 0.2) is 30.5 Å². The van der Waals surface area contributed by atoms with Crippen LogP contribution in [0.5, 0.6) is 0 Å². The fourth-order valence-electron chi connectivity index (χ4n) is 2.92. The van der Waals surface area contributed by atoms with Crippen LogP contribution in [-0.4, -0.2) is 43.2 Å². The molecular formula is C21H23N5O5. The number of hydrogen-bond donors (Lipinski definition) is 3. The summed E-state index contributed by atoms with van der Waals surface area (Å²) in [6.07, 6.45) is 1.27. The van der Waals surface area contributed by atoms with Gasteiger partial charge in [0, 0.05) is 12.6 Å². The molecule has 0 fully saturated rings. The zero-order valence-corrected chi connectivity index (χ0v) is 17.6. The molecule has 2 heterocycles. The standard InChI is InChI=1S/C21H23N5O5/c1-11-7-12(5-6-13(11)20(30)31-21(2,3)4)9-23-18(27)15-8-16(19(28)29)26-17(25-15)14(22)10-24-26/h5-8,10H,9,22H2,1-4H3,(H,23,27)(H,28,29). The molecule has 0 aliphatic carbocycles. The van der Waals surface area contributed by atoms with E-state index in [9.17, 15) is 19.5 Å². The van der Waals surface area contributed by atoms with Crippen molar-refractivity contribution in [3.8, 4) is 0 Å². The summed E-state index contributed by atoms with van der Waals surface area (Å²) in [6.45, 7) is 7.31. The third kappa shape index (κ3) is 4.80. The number of rotatable bonds is 5. The molecule has 0 aliphatic heterocycles. The summed E-state index contributed by atoms with van der Waals surface area (Å²) in [4.78, 5) is 40.5. The predicted molar refractivity (Wildman–Crippen MR) is 112 cm³/mol. The molecule has 3 aromatic rings. The highest BCUT2D eigenvalue weighted by molar-refractivity contribution is 5.96. The molecule has 162 valence electrons. The number of carboxylic acid groups (broad SMARTS) is 1. The van der Waals surface area contributed by atoms with Gasteiger partial charge in [0.15, 0.2) is 11.3 Å². The van der Waals surface area contributed by atoms with E-state index in [1.54, 1.807) is 45.9 Å². The number of esters is 1. The van der Waals surface area contributed by atoms with E-state index < -0.39 is 23.4 Å². The number of aromatic carboxylic acids is 1. The molecule has 31 heavy (non-hydrogen) atoms. The second-order valence-corrected chi connectivity index (χ2v) is 8.00. The summed E-state index contributed by atoms with van der Waals surface area (Å²) in [6, 6.07) is 6.26. The maximum atomic E-state index is 12.6. The first-order valence-electron chi connectivity index (χ1n) is 9.45. The van der Waals surface area contributed by atoms with Crippen molar-refractivity contribution in [2.24, 2.45) is 0 Å². The number of carbonyl (C=O) groups is 3. The fourth-order valence-corrected chi connectivity index (χ4v) is 2.92. The zero-order chi connectivity index (χ0) is 22.9. The van der Waals surface area contributed by atoms with E-state index in [2.05, 4.69) is 15.4 Å². The van der Waals surface area contributed by atoms with Crippen LogP contribution in [0.4, 0.5) is 5.69 Å². The van der Waals surface area contributed by atoms with Crippen molar-refractivity contribution < 1.29 is 24.2 Å². The van der Waals surface area contributed by atoms with Gasteiger partial charge in [-0.3, -0.25) is 4.79 Å². The minimum absolute atomic E-state index is 0.0857. The Balaban J connectivity index is 1.77. The Kier molecular flexibility index (Phi) is 5.65. The Hall–Kier alpha value is -3.95. The molecule has 1 aromatic carbocycles. The average molecular weight is 425 g/mol. The number of amides is 1. The number of aryl methyl sites for hydroxylation is 1. The van der Waals surface area contributed by atoms with Crippen LogP contribution < -0.4 is 11.1 Å². The maximum Gasteiger partial charge on any atom is 0.354 e. The van der Waals surface area contributed by atoms with E-state index in [1.807, 2.05) is 0 Å². The van der Waals surface area contributed by atoms with Gasteiger partial charge in [0.05, 0.1) is 17.4 Å². The summed E-state index contributed by atoms with van der Waals surface area (Å²) >= 11 is 0. The number of ether oxygens (including phenoxy) is 1. The Bertz CT molecular complexity index is 1190. The van der Waals surface area contributed by atoms with Gasteiger partial charge in [-0.25, -0.2) is 19.1 Å². The van der Waals surface area contributed by atoms with E-state index in [-0.39, 0.29) is 29.3 Å². The monoisotopic (exact) mass is 425 g/mol. The lowest BCUT2D eigenvalue weighted by Crippen LogP contribution is -2.26. The number of anilines is 1. The van der Waals surface area contributed by atoms with Crippen LogP contribution in [0, 0.1) is 6.92 Å². The lowest BCUT2D eigenvalue weighted by Gasteiger charge is -2.20. The summed E-state index contributed by atoms with van der Waals surface area (Å²) in [5, 5.41) is 15.9. The predicted octanol–water partition coefficient (Wildman–Crippen LogP) is 2.20. The topological polar surface area (TPSA) is 149 Å². The van der Waals surface area contributed by atoms with Gasteiger partial charge in [-0.05, 0) is 44.9 Å². The smallest absolute Gasteiger partial charge is 0.354 e. The van der Waals surface area contributed by atoms with Crippen LogP contribution in [0.3, 0.4) is 0 Å². The number of carboxylic acids is 1. The summed E-state index contributed by atoms with van der Waals surface area (Å²) in [7, 11) is 0. The normalized spacial score (nSPS) is 11.4. The summed E-state index contributed by atoms with van der Waals surface area (Å²) in [5.41, 5.74) is 6.98. The molecular weight excluding hydrogens is 402 g/mol. The van der Waals surface area contributed by atoms with Gasteiger partial charge in [0.1, 0.15) is 11.3 Å². The number of aromatic nitrogens is 3. The van der Waals surface area contributed by atoms with Gasteiger partial charge in [-0.1, -0.05) is 12.1 Å². The van der Waals surface area contributed by atoms with E-state index in [0.717, 1.165) is 16.1 Å². The molecule has 0 radical (unpaired) electrons. The number of fused-ring (bicyclic) bond motifs is 1. The number of nitrogens with two attached hydrogens (primary N) is 1. The second kappa shape index (κ2) is 8.05. The van der Waals surface area contributed by atoms with E-state index in [0.29, 0.717) is 11.1 Å². The van der Waals surface area contributed by atoms with E-state index in [4.69, 9.17) is 10.5 Å². The number of benzene rings is 1. The summed E-state index contributed by atoms with van der Waals surface area (Å²) < 4.78 is 6.45. The Labute approximate surface area is 178 Å². The molecule has 0 unspecified atom stereocenters. The second-order valence-electron chi connectivity index (χ2n) is 8.00. The Morgan fingerprint density at radius 1 is 1.23 bits per heavy atom. The third-order valence-electron chi connectivity index (χ3n) is 4.31. The molecule has 0 saturated heterocycles. The van der Waals surface area contributed by atoms with Gasteiger partial charge < -0.3 is 20.9 Å². The molecule has 0 atom stereocenters. The Morgan fingerprint density at radius 2 is 1.94 bits per heavy atom. The fraction of sp³-hybridized carbons (Fsp3) is 0.286. The minimum atomic E-state index is -1.27. The largest absolute Gasteiger partial charge is 0.477 e. The van der Waals surface area contributed by atoms with Crippen molar-refractivity contribution >= 4 is 29.2 Å². The van der Waals surface area contributed by atoms with Gasteiger partial charge >= 0.3 is 11.9 Å². The van der Waals surface area contributed by atoms with E-state index >= 15 is 0 Å². The van der Waals surface area contributed by atoms with Crippen molar-refractivity contribution in [3.63, 3.8) is 0 Å². The molecule has 3 rings (SSSR count). The molecule has 2 aromatic heterocycles. The molecule has 0 bridgehead atoms. The highest BCUT2D eigenvalue weighted by atomic mass is 16.6. The number of nitrogens with zero attached hydrogens (tertiary/aromatic N) is 3. The SMILES string of the molecule is Cc1cc(CNC(=O)c2cc(C(=O)O)n3ncc(N)c3n2)ccc1C(=O)OC(C)(C)C. The third-order valence-corrected chi connectivity index (χ3v) is 4.31. The van der Waals surface area contributed by atoms with E-state index in [1.165, 1.54) is 6.20 Å². The first-order valence-corrected chi connectivity index (χ1v) is 9.45. The zero-order valence-electron chi connectivity index (χ0n) is 17.6. The lowest BCUT2D eigenvalue weighted by molar-refractivity contribution is 0.00684. The summed E-state index contributed by atoms with van der Waals surface area (Å²) in [5.74, 6) is -2.25. The van der Waals surface area contributed by atoms with Crippen molar-refractivity contribution in [2.75, 3.05) is 5.73 Å². The molecule has 0 aliphatic rings. The number of carbonyl (C=O) groups excluding carboxylic acids is 2. The maximum absolute atomic E-state index is 12.6. The van der Waals surface area contributed by atoms with Crippen molar-refractivity contribution in [1.82, 2.24) is 19.9 Å². The van der Waals surface area contributed by atoms with Crippen LogP contribution >= 0.6 is 0 Å². The van der Waals surface area contributed by atoms with Crippen LogP contribution in [0.2, 0.25) is 0 Å². The Morgan fingerprint density at radius 3 is 2.55 bits per heavy atom. The highest BCUT2D eigenvalue weighted by Gasteiger charge is 2.20. The van der Waals surface area contributed by atoms with Gasteiger partial charge in [0.2, 0.25) is 0 Å². The molecule has 10 heteroatoms. The number of hydrogen-bond acceptors (Lipinski definition) is 7. The average Bonchev–Trinajstić information content (AvgIpc) is 3.04. The van der Waals surface area contributed by atoms with Crippen LogP contribution in [0.1, 0.15) is 63.2 Å². The minimum Gasteiger partial charge on any atom is -0.477 e. The lowest BCUT2D eigenvalue weighted by atomic mass is 10.0. The highest BCUT2D eigenvalue weighted by Crippen LogP contribution is 2.17. The van der Waals surface area contributed by atoms with Gasteiger partial charge in [0.25, 0.3) is 5.91 Å². The van der Waals surface area contributed by atoms with Gasteiger partial charge in [-0.15, -0.1) is 0 Å². The molecule has 1 amide bonds. The molecule has 10 nitrogen and oxygen atoms in total. The van der Waals surface area contributed by atoms with Crippen molar-refractivity contribution in [3.05, 3.63) is 58.5 Å².